The highest BCUT2D eigenvalue weighted by atomic mass is 32.1. The second-order valence-corrected chi connectivity index (χ2v) is 2.24. The maximum Gasteiger partial charge on any atom is 0.184 e. The van der Waals surface area contributed by atoms with Gasteiger partial charge in [0.05, 0.1) is 0 Å². The van der Waals surface area contributed by atoms with Crippen LogP contribution in [0.2, 0.25) is 0 Å². The fourth-order valence-electron chi connectivity index (χ4n) is 0.368. The van der Waals surface area contributed by atoms with Crippen molar-refractivity contribution in [3.8, 4) is 0 Å². The zero-order valence-electron chi connectivity index (χ0n) is 5.79. The predicted molar refractivity (Wildman–Crippen MR) is 44.7 cm³/mol. The molecular formula is C5H11N3OS. The van der Waals surface area contributed by atoms with Crippen molar-refractivity contribution in [3.05, 3.63) is 0 Å². The molecule has 0 aromatic heterocycles. The van der Waals surface area contributed by atoms with Crippen molar-refractivity contribution in [2.24, 2.45) is 10.8 Å². The lowest BCUT2D eigenvalue weighted by Crippen LogP contribution is -2.25. The van der Waals surface area contributed by atoms with Crippen LogP contribution in [0.15, 0.2) is 5.10 Å². The zero-order chi connectivity index (χ0) is 7.98. The summed E-state index contributed by atoms with van der Waals surface area (Å²) in [6, 6.07) is 0. The Hall–Kier alpha value is -0.680. The number of hydrogen-bond acceptors (Lipinski definition) is 3. The Kier molecular flexibility index (Phi) is 4.78. The first kappa shape index (κ1) is 9.32. The Bertz CT molecular complexity index is 146. The van der Waals surface area contributed by atoms with Gasteiger partial charge in [0.1, 0.15) is 0 Å². The van der Waals surface area contributed by atoms with Gasteiger partial charge in [0.2, 0.25) is 0 Å². The number of aliphatic hydroxyl groups is 1. The summed E-state index contributed by atoms with van der Waals surface area (Å²) >= 11 is 4.50. The summed E-state index contributed by atoms with van der Waals surface area (Å²) in [7, 11) is 0. The Labute approximate surface area is 65.1 Å². The first-order chi connectivity index (χ1) is 4.66. The summed E-state index contributed by atoms with van der Waals surface area (Å²) in [6.07, 6.45) is 0.537. The molecule has 0 heterocycles. The van der Waals surface area contributed by atoms with Crippen molar-refractivity contribution in [2.45, 2.75) is 13.3 Å². The topological polar surface area (TPSA) is 70.6 Å². The van der Waals surface area contributed by atoms with E-state index >= 15 is 0 Å². The molecule has 58 valence electrons. The molecule has 0 fully saturated rings. The number of rotatable bonds is 3. The molecule has 0 rings (SSSR count). The van der Waals surface area contributed by atoms with Crippen LogP contribution in [-0.2, 0) is 0 Å². The van der Waals surface area contributed by atoms with E-state index in [1.54, 1.807) is 6.92 Å². The molecule has 0 radical (unpaired) electrons. The van der Waals surface area contributed by atoms with Gasteiger partial charge in [0.25, 0.3) is 0 Å². The van der Waals surface area contributed by atoms with E-state index in [1.807, 2.05) is 0 Å². The highest BCUT2D eigenvalue weighted by molar-refractivity contribution is 7.80. The monoisotopic (exact) mass is 161 g/mol. The van der Waals surface area contributed by atoms with Gasteiger partial charge < -0.3 is 10.8 Å². The molecule has 0 atom stereocenters. The van der Waals surface area contributed by atoms with Gasteiger partial charge in [-0.2, -0.15) is 5.10 Å². The lowest BCUT2D eigenvalue weighted by atomic mass is 10.3. The Balaban J connectivity index is 3.57. The van der Waals surface area contributed by atoms with Crippen LogP contribution in [0.1, 0.15) is 13.3 Å². The standard InChI is InChI=1S/C5H11N3OS/c1-4(2-3-9)7-8-5(6)10/h9H,2-3H2,1H3,(H3,6,8,10)/b7-4-. The van der Waals surface area contributed by atoms with E-state index in [9.17, 15) is 0 Å². The van der Waals surface area contributed by atoms with Gasteiger partial charge in [0.15, 0.2) is 5.11 Å². The maximum absolute atomic E-state index is 8.43. The molecule has 0 bridgehead atoms. The minimum absolute atomic E-state index is 0.0916. The number of nitrogens with zero attached hydrogens (tertiary/aromatic N) is 1. The summed E-state index contributed by atoms with van der Waals surface area (Å²) in [6.45, 7) is 1.87. The van der Waals surface area contributed by atoms with Gasteiger partial charge in [-0.25, -0.2) is 0 Å². The van der Waals surface area contributed by atoms with Crippen molar-refractivity contribution < 1.29 is 5.11 Å². The number of aliphatic hydroxyl groups excluding tert-OH is 1. The quantitative estimate of drug-likeness (QED) is 0.298. The van der Waals surface area contributed by atoms with Gasteiger partial charge in [0, 0.05) is 18.7 Å². The molecule has 4 N–H and O–H groups in total. The van der Waals surface area contributed by atoms with Gasteiger partial charge >= 0.3 is 0 Å². The molecule has 0 aromatic rings. The Morgan fingerprint density at radius 3 is 2.80 bits per heavy atom. The van der Waals surface area contributed by atoms with Crippen molar-refractivity contribution in [1.82, 2.24) is 5.43 Å². The van der Waals surface area contributed by atoms with E-state index in [0.717, 1.165) is 5.71 Å². The third-order valence-electron chi connectivity index (χ3n) is 0.831. The van der Waals surface area contributed by atoms with Crippen LogP contribution in [0.3, 0.4) is 0 Å². The second-order valence-electron chi connectivity index (χ2n) is 1.80. The molecule has 0 saturated carbocycles. The van der Waals surface area contributed by atoms with E-state index in [4.69, 9.17) is 10.8 Å². The van der Waals surface area contributed by atoms with E-state index in [2.05, 4.69) is 22.7 Å². The third-order valence-corrected chi connectivity index (χ3v) is 0.922. The zero-order valence-corrected chi connectivity index (χ0v) is 6.61. The van der Waals surface area contributed by atoms with Gasteiger partial charge in [-0.05, 0) is 19.1 Å². The van der Waals surface area contributed by atoms with Crippen molar-refractivity contribution in [3.63, 3.8) is 0 Å². The molecule has 0 amide bonds. The average molecular weight is 161 g/mol. The molecule has 0 aromatic carbocycles. The largest absolute Gasteiger partial charge is 0.396 e. The lowest BCUT2D eigenvalue weighted by Gasteiger charge is -1.97. The SMILES string of the molecule is C/C(CCO)=N/NC(N)=S. The lowest BCUT2D eigenvalue weighted by molar-refractivity contribution is 0.307. The number of thiocarbonyl (C=S) groups is 1. The highest BCUT2D eigenvalue weighted by Gasteiger charge is 1.88. The summed E-state index contributed by atoms with van der Waals surface area (Å²) in [4.78, 5) is 0. The van der Waals surface area contributed by atoms with Crippen LogP contribution in [0.5, 0.6) is 0 Å². The fraction of sp³-hybridized carbons (Fsp3) is 0.600. The minimum atomic E-state index is 0.0916. The first-order valence-corrected chi connectivity index (χ1v) is 3.27. The molecule has 0 aliphatic rings. The molecule has 0 aliphatic heterocycles. The number of hydrazone groups is 1. The molecule has 0 aliphatic carbocycles. The van der Waals surface area contributed by atoms with Crippen molar-refractivity contribution in [2.75, 3.05) is 6.61 Å². The summed E-state index contributed by atoms with van der Waals surface area (Å²) in [5.41, 5.74) is 8.28. The summed E-state index contributed by atoms with van der Waals surface area (Å²) in [5, 5.41) is 12.3. The molecule has 10 heavy (non-hydrogen) atoms. The normalized spacial score (nSPS) is 11.2. The van der Waals surface area contributed by atoms with E-state index in [-0.39, 0.29) is 11.7 Å². The van der Waals surface area contributed by atoms with Gasteiger partial charge in [-0.3, -0.25) is 5.43 Å². The molecule has 4 nitrogen and oxygen atoms in total. The summed E-state index contributed by atoms with van der Waals surface area (Å²) < 4.78 is 0. The molecular weight excluding hydrogens is 150 g/mol. The van der Waals surface area contributed by atoms with Crippen LogP contribution < -0.4 is 11.2 Å². The van der Waals surface area contributed by atoms with E-state index in [0.29, 0.717) is 6.42 Å². The van der Waals surface area contributed by atoms with Crippen LogP contribution in [0.25, 0.3) is 0 Å². The fourth-order valence-corrected chi connectivity index (χ4v) is 0.414. The molecule has 0 saturated heterocycles. The number of nitrogens with one attached hydrogen (secondary N) is 1. The second kappa shape index (κ2) is 5.13. The van der Waals surface area contributed by atoms with Gasteiger partial charge in [-0.15, -0.1) is 0 Å². The highest BCUT2D eigenvalue weighted by Crippen LogP contribution is 1.81. The third kappa shape index (κ3) is 5.46. The summed E-state index contributed by atoms with van der Waals surface area (Å²) in [5.74, 6) is 0. The van der Waals surface area contributed by atoms with Crippen molar-refractivity contribution >= 4 is 23.0 Å². The Morgan fingerprint density at radius 1 is 1.80 bits per heavy atom. The maximum atomic E-state index is 8.43. The van der Waals surface area contributed by atoms with Crippen molar-refractivity contribution in [1.29, 1.82) is 0 Å². The van der Waals surface area contributed by atoms with E-state index in [1.165, 1.54) is 0 Å². The number of hydrogen-bond donors (Lipinski definition) is 3. The average Bonchev–Trinajstić information content (AvgIpc) is 1.85. The van der Waals surface area contributed by atoms with Crippen LogP contribution in [0, 0.1) is 0 Å². The molecule has 0 spiro atoms. The smallest absolute Gasteiger partial charge is 0.184 e. The number of nitrogens with two attached hydrogens (primary N) is 1. The Morgan fingerprint density at radius 2 is 2.40 bits per heavy atom. The van der Waals surface area contributed by atoms with E-state index < -0.39 is 0 Å². The van der Waals surface area contributed by atoms with Crippen LogP contribution in [0.4, 0.5) is 0 Å². The molecule has 0 unspecified atom stereocenters. The van der Waals surface area contributed by atoms with Crippen LogP contribution >= 0.6 is 12.2 Å². The van der Waals surface area contributed by atoms with Crippen LogP contribution in [-0.4, -0.2) is 22.5 Å². The predicted octanol–water partition coefficient (Wildman–Crippen LogP) is -0.422. The minimum Gasteiger partial charge on any atom is -0.396 e. The van der Waals surface area contributed by atoms with Gasteiger partial charge in [-0.1, -0.05) is 0 Å². The molecule has 5 heteroatoms. The first-order valence-electron chi connectivity index (χ1n) is 2.86.